The summed E-state index contributed by atoms with van der Waals surface area (Å²) in [6, 6.07) is 3.57. The highest BCUT2D eigenvalue weighted by Crippen LogP contribution is 2.23. The average Bonchev–Trinajstić information content (AvgIpc) is 3.36. The van der Waals surface area contributed by atoms with Crippen LogP contribution in [0.4, 0.5) is 24.8 Å². The molecule has 0 radical (unpaired) electrons. The SMILES string of the molecule is CN.Nc1ncc(-c2cnn(CC(F)(F)F)c2)nc1NCc1ccn2nccc2n1. The van der Waals surface area contributed by atoms with Gasteiger partial charge in [0.25, 0.3) is 0 Å². The minimum atomic E-state index is -4.35. The van der Waals surface area contributed by atoms with Crippen molar-refractivity contribution in [2.75, 3.05) is 18.1 Å². The third-order valence-corrected chi connectivity index (χ3v) is 3.82. The molecule has 0 fully saturated rings. The van der Waals surface area contributed by atoms with E-state index < -0.39 is 12.7 Å². The number of rotatable bonds is 5. The van der Waals surface area contributed by atoms with Crippen LogP contribution >= 0.6 is 0 Å². The Labute approximate surface area is 168 Å². The van der Waals surface area contributed by atoms with Gasteiger partial charge in [-0.05, 0) is 13.1 Å². The normalized spacial score (nSPS) is 11.2. The molecule has 10 nitrogen and oxygen atoms in total. The van der Waals surface area contributed by atoms with E-state index in [-0.39, 0.29) is 5.82 Å². The standard InChI is InChI=1S/C16H14F3N9.CH5N/c17-16(18,19)9-27-8-10(5-24-27)12-7-21-14(20)15(26-12)22-6-11-2-4-28-13(25-11)1-3-23-28;1-2/h1-5,7-8H,6,9H2,(H2,20,21)(H,22,26);2H2,1H3. The molecule has 0 aliphatic heterocycles. The number of nitrogens with two attached hydrogens (primary N) is 2. The van der Waals surface area contributed by atoms with Gasteiger partial charge in [-0.15, -0.1) is 0 Å². The van der Waals surface area contributed by atoms with Crippen LogP contribution in [0.3, 0.4) is 0 Å². The summed E-state index contributed by atoms with van der Waals surface area (Å²) in [6.07, 6.45) is 3.00. The average molecular weight is 420 g/mol. The Hall–Kier alpha value is -3.74. The zero-order valence-electron chi connectivity index (χ0n) is 15.9. The van der Waals surface area contributed by atoms with Gasteiger partial charge in [-0.1, -0.05) is 0 Å². The molecule has 158 valence electrons. The second-order valence-corrected chi connectivity index (χ2v) is 5.94. The van der Waals surface area contributed by atoms with Crippen molar-refractivity contribution in [2.45, 2.75) is 19.3 Å². The second-order valence-electron chi connectivity index (χ2n) is 5.94. The zero-order chi connectivity index (χ0) is 21.7. The van der Waals surface area contributed by atoms with Crippen molar-refractivity contribution in [1.29, 1.82) is 0 Å². The van der Waals surface area contributed by atoms with Crippen molar-refractivity contribution >= 4 is 17.3 Å². The molecule has 30 heavy (non-hydrogen) atoms. The van der Waals surface area contributed by atoms with Crippen LogP contribution in [0.5, 0.6) is 0 Å². The number of nitrogens with one attached hydrogen (secondary N) is 1. The molecule has 0 unspecified atom stereocenters. The van der Waals surface area contributed by atoms with Crippen molar-refractivity contribution in [3.8, 4) is 11.3 Å². The predicted molar refractivity (Wildman–Crippen MR) is 104 cm³/mol. The van der Waals surface area contributed by atoms with Crippen LogP contribution in [0.1, 0.15) is 5.69 Å². The first kappa shape index (κ1) is 21.0. The van der Waals surface area contributed by atoms with Gasteiger partial charge in [-0.2, -0.15) is 23.4 Å². The molecule has 0 bridgehead atoms. The number of alkyl halides is 3. The molecule has 4 rings (SSSR count). The maximum absolute atomic E-state index is 12.5. The summed E-state index contributed by atoms with van der Waals surface area (Å²) in [5, 5.41) is 10.8. The lowest BCUT2D eigenvalue weighted by Gasteiger charge is -2.09. The maximum Gasteiger partial charge on any atom is 0.408 e. The molecule has 0 saturated heterocycles. The molecular weight excluding hydrogens is 401 g/mol. The van der Waals surface area contributed by atoms with Gasteiger partial charge in [0.2, 0.25) is 0 Å². The maximum atomic E-state index is 12.5. The highest BCUT2D eigenvalue weighted by Gasteiger charge is 2.28. The van der Waals surface area contributed by atoms with Gasteiger partial charge in [-0.3, -0.25) is 4.68 Å². The van der Waals surface area contributed by atoms with Crippen LogP contribution in [0, 0.1) is 0 Å². The Balaban J connectivity index is 0.00000124. The van der Waals surface area contributed by atoms with Gasteiger partial charge in [0.05, 0.1) is 36.5 Å². The summed E-state index contributed by atoms with van der Waals surface area (Å²) in [7, 11) is 1.50. The molecule has 13 heteroatoms. The lowest BCUT2D eigenvalue weighted by molar-refractivity contribution is -0.142. The number of nitrogens with zero attached hydrogens (tertiary/aromatic N) is 7. The zero-order valence-corrected chi connectivity index (χ0v) is 15.9. The van der Waals surface area contributed by atoms with Gasteiger partial charge in [0, 0.05) is 24.0 Å². The molecule has 0 saturated carbocycles. The predicted octanol–water partition coefficient (Wildman–Crippen LogP) is 1.71. The molecule has 0 aromatic carbocycles. The number of hydrogen-bond donors (Lipinski definition) is 3. The number of nitrogen functional groups attached to an aromatic ring is 1. The van der Waals surface area contributed by atoms with E-state index in [1.807, 2.05) is 0 Å². The lowest BCUT2D eigenvalue weighted by Crippen LogP contribution is -2.17. The highest BCUT2D eigenvalue weighted by atomic mass is 19.4. The molecule has 4 aromatic heterocycles. The Morgan fingerprint density at radius 2 is 1.90 bits per heavy atom. The monoisotopic (exact) mass is 420 g/mol. The number of halogens is 3. The van der Waals surface area contributed by atoms with E-state index in [0.29, 0.717) is 29.3 Å². The van der Waals surface area contributed by atoms with Crippen LogP contribution in [0.25, 0.3) is 16.9 Å². The molecule has 4 aromatic rings. The lowest BCUT2D eigenvalue weighted by atomic mass is 10.2. The van der Waals surface area contributed by atoms with Crippen molar-refractivity contribution in [3.63, 3.8) is 0 Å². The topological polar surface area (TPSA) is 138 Å². The number of hydrogen-bond acceptors (Lipinski definition) is 8. The van der Waals surface area contributed by atoms with Gasteiger partial charge in [0.1, 0.15) is 6.54 Å². The minimum absolute atomic E-state index is 0.164. The first-order valence-corrected chi connectivity index (χ1v) is 8.70. The Morgan fingerprint density at radius 1 is 1.10 bits per heavy atom. The van der Waals surface area contributed by atoms with Crippen LogP contribution in [-0.4, -0.2) is 47.6 Å². The highest BCUT2D eigenvalue weighted by molar-refractivity contribution is 5.64. The molecule has 5 N–H and O–H groups in total. The van der Waals surface area contributed by atoms with E-state index in [1.54, 1.807) is 29.0 Å². The van der Waals surface area contributed by atoms with Gasteiger partial charge in [0.15, 0.2) is 17.3 Å². The van der Waals surface area contributed by atoms with E-state index in [4.69, 9.17) is 5.73 Å². The quantitative estimate of drug-likeness (QED) is 0.444. The molecular formula is C17H19F3N10. The van der Waals surface area contributed by atoms with Crippen molar-refractivity contribution in [2.24, 2.45) is 5.73 Å². The number of anilines is 2. The number of aromatic nitrogens is 7. The Morgan fingerprint density at radius 3 is 2.67 bits per heavy atom. The van der Waals surface area contributed by atoms with Crippen LogP contribution < -0.4 is 16.8 Å². The van der Waals surface area contributed by atoms with Gasteiger partial charge >= 0.3 is 6.18 Å². The van der Waals surface area contributed by atoms with Gasteiger partial charge < -0.3 is 16.8 Å². The summed E-state index contributed by atoms with van der Waals surface area (Å²) in [4.78, 5) is 12.8. The summed E-state index contributed by atoms with van der Waals surface area (Å²) in [5.41, 5.74) is 12.5. The van der Waals surface area contributed by atoms with Crippen LogP contribution in [-0.2, 0) is 13.1 Å². The third kappa shape index (κ3) is 5.00. The third-order valence-electron chi connectivity index (χ3n) is 3.82. The minimum Gasteiger partial charge on any atom is -0.381 e. The van der Waals surface area contributed by atoms with Crippen LogP contribution in [0.15, 0.2) is 43.1 Å². The molecule has 0 amide bonds. The van der Waals surface area contributed by atoms with E-state index in [9.17, 15) is 13.2 Å². The molecule has 0 spiro atoms. The summed E-state index contributed by atoms with van der Waals surface area (Å²) >= 11 is 0. The smallest absolute Gasteiger partial charge is 0.381 e. The van der Waals surface area contributed by atoms with Crippen molar-refractivity contribution in [1.82, 2.24) is 34.3 Å². The largest absolute Gasteiger partial charge is 0.408 e. The second kappa shape index (κ2) is 8.73. The van der Waals surface area contributed by atoms with E-state index in [1.165, 1.54) is 25.6 Å². The molecule has 0 aliphatic carbocycles. The fraction of sp³-hybridized carbons (Fsp3) is 0.235. The summed E-state index contributed by atoms with van der Waals surface area (Å²) < 4.78 is 39.9. The molecule has 0 aliphatic rings. The Bertz CT molecular complexity index is 1120. The fourth-order valence-electron chi connectivity index (χ4n) is 2.56. The molecule has 0 atom stereocenters. The fourth-order valence-corrected chi connectivity index (χ4v) is 2.56. The van der Waals surface area contributed by atoms with Crippen molar-refractivity contribution < 1.29 is 13.2 Å². The first-order chi connectivity index (χ1) is 14.4. The first-order valence-electron chi connectivity index (χ1n) is 8.70. The Kier molecular flexibility index (Phi) is 6.11. The summed E-state index contributed by atoms with van der Waals surface area (Å²) in [6.45, 7) is -0.847. The van der Waals surface area contributed by atoms with Gasteiger partial charge in [-0.25, -0.2) is 19.5 Å². The summed E-state index contributed by atoms with van der Waals surface area (Å²) in [5.74, 6) is 0.466. The van der Waals surface area contributed by atoms with E-state index >= 15 is 0 Å². The number of fused-ring (bicyclic) bond motifs is 1. The van der Waals surface area contributed by atoms with E-state index in [0.717, 1.165) is 10.4 Å². The molecule has 4 heterocycles. The van der Waals surface area contributed by atoms with Crippen molar-refractivity contribution in [3.05, 3.63) is 48.8 Å². The van der Waals surface area contributed by atoms with Crippen LogP contribution in [0.2, 0.25) is 0 Å². The van der Waals surface area contributed by atoms with E-state index in [2.05, 4.69) is 36.2 Å².